The van der Waals surface area contributed by atoms with E-state index < -0.39 is 29.0 Å². The Morgan fingerprint density at radius 3 is 2.76 bits per heavy atom. The summed E-state index contributed by atoms with van der Waals surface area (Å²) in [5.74, 6) is -2.02. The van der Waals surface area contributed by atoms with Gasteiger partial charge in [-0.1, -0.05) is 12.1 Å². The number of rotatable bonds is 4. The van der Waals surface area contributed by atoms with Crippen molar-refractivity contribution < 1.29 is 24.0 Å². The monoisotopic (exact) mass is 296 g/mol. The summed E-state index contributed by atoms with van der Waals surface area (Å²) in [6.07, 6.45) is -0.375. The molecular weight excluding hydrogens is 283 g/mol. The second kappa shape index (κ2) is 5.47. The van der Waals surface area contributed by atoms with Gasteiger partial charge in [-0.3, -0.25) is 14.9 Å². The minimum absolute atomic E-state index is 0.0244. The Bertz CT molecular complexity index is 606. The van der Waals surface area contributed by atoms with Crippen LogP contribution in [-0.2, 0) is 16.0 Å². The maximum Gasteiger partial charge on any atom is 0.343 e. The van der Waals surface area contributed by atoms with Gasteiger partial charge in [0.1, 0.15) is 0 Å². The van der Waals surface area contributed by atoms with Crippen LogP contribution in [0, 0.1) is 10.1 Å². The maximum atomic E-state index is 13.9. The zero-order valence-electron chi connectivity index (χ0n) is 11.0. The number of hydrogen-bond acceptors (Lipinski definition) is 4. The third kappa shape index (κ3) is 3.15. The van der Waals surface area contributed by atoms with Crippen LogP contribution in [0.15, 0.2) is 24.3 Å². The first-order valence-corrected chi connectivity index (χ1v) is 6.25. The summed E-state index contributed by atoms with van der Waals surface area (Å²) in [6.45, 7) is -0.466. The lowest BCUT2D eigenvalue weighted by atomic mass is 10.1. The van der Waals surface area contributed by atoms with E-state index in [2.05, 4.69) is 0 Å². The number of aliphatic carboxylic acids is 1. The number of alkyl halides is 1. The Morgan fingerprint density at radius 2 is 2.19 bits per heavy atom. The van der Waals surface area contributed by atoms with Gasteiger partial charge in [0.25, 0.3) is 5.69 Å². The average molecular weight is 296 g/mol. The molecule has 1 amide bonds. The Balaban J connectivity index is 2.04. The highest BCUT2D eigenvalue weighted by atomic mass is 19.1. The first-order chi connectivity index (χ1) is 9.82. The van der Waals surface area contributed by atoms with Crippen LogP contribution in [0.1, 0.15) is 12.0 Å². The molecule has 1 saturated heterocycles. The minimum Gasteiger partial charge on any atom is -0.479 e. The molecule has 2 rings (SSSR count). The van der Waals surface area contributed by atoms with Gasteiger partial charge in [0.15, 0.2) is 0 Å². The van der Waals surface area contributed by atoms with Crippen LogP contribution in [0.25, 0.3) is 0 Å². The first-order valence-electron chi connectivity index (χ1n) is 6.25. The van der Waals surface area contributed by atoms with Crippen LogP contribution in [0.4, 0.5) is 10.1 Å². The fourth-order valence-corrected chi connectivity index (χ4v) is 2.23. The predicted molar refractivity (Wildman–Crippen MR) is 69.5 cm³/mol. The Kier molecular flexibility index (Phi) is 3.88. The Labute approximate surface area is 119 Å². The van der Waals surface area contributed by atoms with Crippen LogP contribution in [0.3, 0.4) is 0 Å². The Morgan fingerprint density at radius 1 is 1.48 bits per heavy atom. The third-order valence-electron chi connectivity index (χ3n) is 3.43. The van der Waals surface area contributed by atoms with E-state index in [0.29, 0.717) is 5.56 Å². The van der Waals surface area contributed by atoms with E-state index in [1.54, 1.807) is 6.07 Å². The van der Waals surface area contributed by atoms with Crippen molar-refractivity contribution in [1.29, 1.82) is 0 Å². The quantitative estimate of drug-likeness (QED) is 0.663. The number of nitro benzene ring substituents is 1. The second-order valence-corrected chi connectivity index (χ2v) is 4.94. The molecule has 8 heteroatoms. The summed E-state index contributed by atoms with van der Waals surface area (Å²) in [5, 5.41) is 19.4. The van der Waals surface area contributed by atoms with Gasteiger partial charge in [0.05, 0.1) is 17.9 Å². The summed E-state index contributed by atoms with van der Waals surface area (Å²) in [6, 6.07) is 5.59. The van der Waals surface area contributed by atoms with E-state index >= 15 is 0 Å². The zero-order valence-corrected chi connectivity index (χ0v) is 11.0. The number of halogens is 1. The number of likely N-dealkylation sites (tertiary alicyclic amines) is 1. The molecule has 0 radical (unpaired) electrons. The summed E-state index contributed by atoms with van der Waals surface area (Å²) < 4.78 is 13.9. The molecule has 1 heterocycles. The predicted octanol–water partition coefficient (Wildman–Crippen LogP) is 1.16. The van der Waals surface area contributed by atoms with E-state index in [-0.39, 0.29) is 25.1 Å². The highest BCUT2D eigenvalue weighted by molar-refractivity contribution is 5.83. The lowest BCUT2D eigenvalue weighted by Gasteiger charge is -2.17. The molecule has 0 saturated carbocycles. The second-order valence-electron chi connectivity index (χ2n) is 4.94. The first kappa shape index (κ1) is 14.9. The van der Waals surface area contributed by atoms with Crippen molar-refractivity contribution in [3.63, 3.8) is 0 Å². The molecule has 1 fully saturated rings. The van der Waals surface area contributed by atoms with Crippen LogP contribution in [0.5, 0.6) is 0 Å². The number of amides is 1. The summed E-state index contributed by atoms with van der Waals surface area (Å²) in [4.78, 5) is 34.0. The fraction of sp³-hybridized carbons (Fsp3) is 0.385. The SMILES string of the molecule is O=C(Cc1cccc([N+](=O)[O-])c1)N1CCC(F)(C(=O)O)C1. The van der Waals surface area contributed by atoms with E-state index in [0.717, 1.165) is 4.90 Å². The largest absolute Gasteiger partial charge is 0.479 e. The molecule has 7 nitrogen and oxygen atoms in total. The number of hydrogen-bond donors (Lipinski definition) is 1. The normalized spacial score (nSPS) is 21.3. The molecule has 21 heavy (non-hydrogen) atoms. The summed E-state index contributed by atoms with van der Waals surface area (Å²) in [7, 11) is 0. The zero-order chi connectivity index (χ0) is 15.6. The van der Waals surface area contributed by atoms with Gasteiger partial charge in [0, 0.05) is 25.1 Å². The van der Waals surface area contributed by atoms with Gasteiger partial charge in [-0.25, -0.2) is 9.18 Å². The van der Waals surface area contributed by atoms with E-state index in [4.69, 9.17) is 5.11 Å². The van der Waals surface area contributed by atoms with Crippen LogP contribution < -0.4 is 0 Å². The van der Waals surface area contributed by atoms with Gasteiger partial charge >= 0.3 is 5.97 Å². The number of nitro groups is 1. The smallest absolute Gasteiger partial charge is 0.343 e. The number of nitrogens with zero attached hydrogens (tertiary/aromatic N) is 2. The lowest BCUT2D eigenvalue weighted by molar-refractivity contribution is -0.384. The highest BCUT2D eigenvalue weighted by Crippen LogP contribution is 2.26. The summed E-state index contributed by atoms with van der Waals surface area (Å²) >= 11 is 0. The molecule has 1 unspecified atom stereocenters. The van der Waals surface area contributed by atoms with Gasteiger partial charge in [-0.2, -0.15) is 0 Å². The van der Waals surface area contributed by atoms with Crippen LogP contribution in [0.2, 0.25) is 0 Å². The average Bonchev–Trinajstić information content (AvgIpc) is 2.83. The molecule has 1 N–H and O–H groups in total. The number of benzene rings is 1. The standard InChI is InChI=1S/C13H13FN2O5/c14-13(12(18)19)4-5-15(8-13)11(17)7-9-2-1-3-10(6-9)16(20)21/h1-3,6H,4-5,7-8H2,(H,18,19). The fourth-order valence-electron chi connectivity index (χ4n) is 2.23. The third-order valence-corrected chi connectivity index (χ3v) is 3.43. The van der Waals surface area contributed by atoms with E-state index in [1.807, 2.05) is 0 Å². The van der Waals surface area contributed by atoms with E-state index in [1.165, 1.54) is 18.2 Å². The van der Waals surface area contributed by atoms with Crippen molar-refractivity contribution in [3.05, 3.63) is 39.9 Å². The van der Waals surface area contributed by atoms with Gasteiger partial charge < -0.3 is 10.0 Å². The molecule has 0 aliphatic carbocycles. The minimum atomic E-state index is -2.40. The molecule has 0 spiro atoms. The van der Waals surface area contributed by atoms with E-state index in [9.17, 15) is 24.1 Å². The number of carboxylic acids is 1. The molecule has 0 aromatic heterocycles. The van der Waals surface area contributed by atoms with Crippen LogP contribution in [-0.4, -0.2) is 45.6 Å². The Hall–Kier alpha value is -2.51. The highest BCUT2D eigenvalue weighted by Gasteiger charge is 2.46. The molecule has 1 aliphatic heterocycles. The van der Waals surface area contributed by atoms with Gasteiger partial charge in [-0.05, 0) is 5.56 Å². The van der Waals surface area contributed by atoms with Crippen molar-refractivity contribution in [2.75, 3.05) is 13.1 Å². The van der Waals surface area contributed by atoms with Crippen molar-refractivity contribution >= 4 is 17.6 Å². The number of carbonyl (C=O) groups is 2. The van der Waals surface area contributed by atoms with Gasteiger partial charge in [0.2, 0.25) is 11.6 Å². The lowest BCUT2D eigenvalue weighted by Crippen LogP contribution is -2.39. The van der Waals surface area contributed by atoms with Crippen LogP contribution >= 0.6 is 0 Å². The van der Waals surface area contributed by atoms with Crippen molar-refractivity contribution in [3.8, 4) is 0 Å². The summed E-state index contributed by atoms with van der Waals surface area (Å²) in [5.41, 5.74) is -2.11. The molecule has 1 aromatic rings. The molecule has 1 aliphatic rings. The van der Waals surface area contributed by atoms with Gasteiger partial charge in [-0.15, -0.1) is 0 Å². The van der Waals surface area contributed by atoms with Crippen molar-refractivity contribution in [2.45, 2.75) is 18.5 Å². The molecule has 0 bridgehead atoms. The maximum absolute atomic E-state index is 13.9. The molecule has 112 valence electrons. The molecule has 1 atom stereocenters. The topological polar surface area (TPSA) is 101 Å². The number of carbonyl (C=O) groups excluding carboxylic acids is 1. The molecule has 1 aromatic carbocycles. The number of carboxylic acid groups (broad SMARTS) is 1. The number of non-ortho nitro benzene ring substituents is 1. The molecular formula is C13H13FN2O5. The van der Waals surface area contributed by atoms with Crippen molar-refractivity contribution in [2.24, 2.45) is 0 Å². The van der Waals surface area contributed by atoms with Crippen molar-refractivity contribution in [1.82, 2.24) is 4.90 Å².